The molecule has 1 aliphatic heterocycles. The van der Waals surface area contributed by atoms with Crippen LogP contribution in [0.5, 0.6) is 11.5 Å². The summed E-state index contributed by atoms with van der Waals surface area (Å²) in [5, 5.41) is 3.65. The molecule has 1 N–H and O–H groups in total. The first-order chi connectivity index (χ1) is 9.90. The van der Waals surface area contributed by atoms with Gasteiger partial charge in [-0.1, -0.05) is 33.8 Å². The van der Waals surface area contributed by atoms with Crippen molar-refractivity contribution in [2.75, 3.05) is 19.8 Å². The molecule has 0 spiro atoms. The van der Waals surface area contributed by atoms with Crippen LogP contribution in [-0.2, 0) is 0 Å². The number of fused-ring (bicyclic) bond motifs is 1. The highest BCUT2D eigenvalue weighted by atomic mass is 16.5. The number of hydrogen-bond donors (Lipinski definition) is 1. The van der Waals surface area contributed by atoms with Crippen molar-refractivity contribution in [3.8, 4) is 11.5 Å². The van der Waals surface area contributed by atoms with Crippen molar-refractivity contribution < 1.29 is 9.47 Å². The molecule has 0 aliphatic carbocycles. The van der Waals surface area contributed by atoms with E-state index in [2.05, 4.69) is 52.1 Å². The summed E-state index contributed by atoms with van der Waals surface area (Å²) < 4.78 is 11.5. The van der Waals surface area contributed by atoms with Gasteiger partial charge in [-0.3, -0.25) is 0 Å². The van der Waals surface area contributed by atoms with Gasteiger partial charge in [0.2, 0.25) is 0 Å². The zero-order valence-electron chi connectivity index (χ0n) is 14.0. The molecular formula is C18H29NO2. The number of hydrogen-bond acceptors (Lipinski definition) is 3. The Morgan fingerprint density at radius 1 is 1.10 bits per heavy atom. The summed E-state index contributed by atoms with van der Waals surface area (Å²) in [4.78, 5) is 0. The lowest BCUT2D eigenvalue weighted by Crippen LogP contribution is -2.34. The summed E-state index contributed by atoms with van der Waals surface area (Å²) in [5.74, 6) is 2.40. The molecule has 2 rings (SSSR count). The van der Waals surface area contributed by atoms with Gasteiger partial charge in [-0.25, -0.2) is 0 Å². The highest BCUT2D eigenvalue weighted by Crippen LogP contribution is 2.33. The second-order valence-electron chi connectivity index (χ2n) is 7.00. The first-order valence-electron chi connectivity index (χ1n) is 8.03. The smallest absolute Gasteiger partial charge is 0.161 e. The van der Waals surface area contributed by atoms with Gasteiger partial charge in [0.05, 0.1) is 13.2 Å². The van der Waals surface area contributed by atoms with E-state index in [1.54, 1.807) is 0 Å². The van der Waals surface area contributed by atoms with Gasteiger partial charge in [0, 0.05) is 19.0 Å². The molecule has 0 fully saturated rings. The van der Waals surface area contributed by atoms with E-state index in [0.29, 0.717) is 17.4 Å². The Bertz CT molecular complexity index is 468. The molecule has 1 heterocycles. The Morgan fingerprint density at radius 3 is 2.43 bits per heavy atom. The maximum atomic E-state index is 5.77. The summed E-state index contributed by atoms with van der Waals surface area (Å²) in [6.45, 7) is 13.9. The molecular weight excluding hydrogens is 262 g/mol. The van der Waals surface area contributed by atoms with E-state index < -0.39 is 0 Å². The van der Waals surface area contributed by atoms with E-state index in [0.717, 1.165) is 37.7 Å². The maximum absolute atomic E-state index is 5.77. The molecule has 118 valence electrons. The fourth-order valence-electron chi connectivity index (χ4n) is 2.19. The number of nitrogens with one attached hydrogen (secondary N) is 1. The quantitative estimate of drug-likeness (QED) is 0.882. The van der Waals surface area contributed by atoms with Crippen LogP contribution in [0.1, 0.15) is 52.6 Å². The molecule has 3 heteroatoms. The van der Waals surface area contributed by atoms with Crippen LogP contribution in [0, 0.1) is 11.3 Å². The van der Waals surface area contributed by atoms with Gasteiger partial charge in [0.1, 0.15) is 0 Å². The topological polar surface area (TPSA) is 30.5 Å². The van der Waals surface area contributed by atoms with Crippen molar-refractivity contribution in [2.24, 2.45) is 11.3 Å². The predicted molar refractivity (Wildman–Crippen MR) is 87.1 cm³/mol. The lowest BCUT2D eigenvalue weighted by molar-refractivity contribution is 0.230. The van der Waals surface area contributed by atoms with Gasteiger partial charge in [-0.05, 0) is 36.0 Å². The average molecular weight is 291 g/mol. The zero-order chi connectivity index (χ0) is 15.5. The predicted octanol–water partition coefficient (Wildman–Crippen LogP) is 4.18. The van der Waals surface area contributed by atoms with Crippen molar-refractivity contribution in [3.05, 3.63) is 23.8 Å². The van der Waals surface area contributed by atoms with Crippen LogP contribution in [0.3, 0.4) is 0 Å². The van der Waals surface area contributed by atoms with E-state index in [4.69, 9.17) is 9.47 Å². The van der Waals surface area contributed by atoms with E-state index in [-0.39, 0.29) is 0 Å². The third-order valence-corrected chi connectivity index (χ3v) is 4.70. The lowest BCUT2D eigenvalue weighted by atomic mass is 9.81. The molecule has 0 amide bonds. The summed E-state index contributed by atoms with van der Waals surface area (Å²) in [7, 11) is 0. The number of rotatable bonds is 5. The van der Waals surface area contributed by atoms with Gasteiger partial charge in [-0.2, -0.15) is 0 Å². The molecule has 0 saturated carbocycles. The van der Waals surface area contributed by atoms with Crippen molar-refractivity contribution in [3.63, 3.8) is 0 Å². The molecule has 1 aliphatic rings. The van der Waals surface area contributed by atoms with Crippen molar-refractivity contribution in [1.29, 1.82) is 0 Å². The SMILES string of the molecule is CC(NCC(C)(C)C(C)C)c1ccc2c(c1)OCCCO2. The highest BCUT2D eigenvalue weighted by molar-refractivity contribution is 5.44. The largest absolute Gasteiger partial charge is 0.490 e. The summed E-state index contributed by atoms with van der Waals surface area (Å²) in [6.07, 6.45) is 0.945. The van der Waals surface area contributed by atoms with Gasteiger partial charge in [-0.15, -0.1) is 0 Å². The lowest BCUT2D eigenvalue weighted by Gasteiger charge is -2.31. The first kappa shape index (κ1) is 16.2. The first-order valence-corrected chi connectivity index (χ1v) is 8.03. The normalized spacial score (nSPS) is 16.7. The molecule has 3 nitrogen and oxygen atoms in total. The van der Waals surface area contributed by atoms with Crippen LogP contribution in [0.25, 0.3) is 0 Å². The third-order valence-electron chi connectivity index (χ3n) is 4.70. The molecule has 0 radical (unpaired) electrons. The summed E-state index contributed by atoms with van der Waals surface area (Å²) >= 11 is 0. The van der Waals surface area contributed by atoms with Crippen molar-refractivity contribution in [1.82, 2.24) is 5.32 Å². The van der Waals surface area contributed by atoms with Crippen LogP contribution >= 0.6 is 0 Å². The van der Waals surface area contributed by atoms with Gasteiger partial charge in [0.15, 0.2) is 11.5 Å². The van der Waals surface area contributed by atoms with E-state index in [1.807, 2.05) is 6.07 Å². The Balaban J connectivity index is 2.03. The minimum Gasteiger partial charge on any atom is -0.490 e. The van der Waals surface area contributed by atoms with Crippen LogP contribution in [0.4, 0.5) is 0 Å². The molecule has 0 aromatic heterocycles. The molecule has 0 bridgehead atoms. The van der Waals surface area contributed by atoms with Gasteiger partial charge >= 0.3 is 0 Å². The highest BCUT2D eigenvalue weighted by Gasteiger charge is 2.23. The molecule has 1 atom stereocenters. The molecule has 1 aromatic carbocycles. The van der Waals surface area contributed by atoms with Crippen molar-refractivity contribution in [2.45, 2.75) is 47.1 Å². The Kier molecular flexibility index (Phi) is 5.15. The fourth-order valence-corrected chi connectivity index (χ4v) is 2.19. The van der Waals surface area contributed by atoms with E-state index in [1.165, 1.54) is 5.56 Å². The molecule has 1 unspecified atom stereocenters. The zero-order valence-corrected chi connectivity index (χ0v) is 14.0. The van der Waals surface area contributed by atoms with Gasteiger partial charge < -0.3 is 14.8 Å². The van der Waals surface area contributed by atoms with Crippen molar-refractivity contribution >= 4 is 0 Å². The fraction of sp³-hybridized carbons (Fsp3) is 0.667. The van der Waals surface area contributed by atoms with Gasteiger partial charge in [0.25, 0.3) is 0 Å². The molecule has 0 saturated heterocycles. The Hall–Kier alpha value is -1.22. The standard InChI is InChI=1S/C18H29NO2/c1-13(2)18(4,5)12-19-14(3)15-7-8-16-17(11-15)21-10-6-9-20-16/h7-8,11,13-14,19H,6,9-10,12H2,1-5H3. The Morgan fingerprint density at radius 2 is 1.76 bits per heavy atom. The van der Waals surface area contributed by atoms with Crippen LogP contribution < -0.4 is 14.8 Å². The number of ether oxygens (including phenoxy) is 2. The third kappa shape index (κ3) is 4.13. The minimum absolute atomic E-state index is 0.291. The summed E-state index contributed by atoms with van der Waals surface area (Å²) in [5.41, 5.74) is 1.54. The van der Waals surface area contributed by atoms with E-state index in [9.17, 15) is 0 Å². The number of benzene rings is 1. The second kappa shape index (κ2) is 6.69. The molecule has 1 aromatic rings. The second-order valence-corrected chi connectivity index (χ2v) is 7.00. The summed E-state index contributed by atoms with van der Waals surface area (Å²) in [6, 6.07) is 6.58. The monoisotopic (exact) mass is 291 g/mol. The molecule has 21 heavy (non-hydrogen) atoms. The van der Waals surface area contributed by atoms with E-state index >= 15 is 0 Å². The van der Waals surface area contributed by atoms with Crippen LogP contribution in [0.15, 0.2) is 18.2 Å². The Labute approximate surface area is 129 Å². The van der Waals surface area contributed by atoms with Crippen LogP contribution in [0.2, 0.25) is 0 Å². The minimum atomic E-state index is 0.291. The van der Waals surface area contributed by atoms with Crippen LogP contribution in [-0.4, -0.2) is 19.8 Å². The average Bonchev–Trinajstić information content (AvgIpc) is 2.69. The maximum Gasteiger partial charge on any atom is 0.161 e.